The summed E-state index contributed by atoms with van der Waals surface area (Å²) >= 11 is 0. The minimum absolute atomic E-state index is 0.0224. The van der Waals surface area contributed by atoms with E-state index in [4.69, 9.17) is 4.98 Å². The summed E-state index contributed by atoms with van der Waals surface area (Å²) in [7, 11) is 0. The molecule has 0 aliphatic carbocycles. The Kier molecular flexibility index (Phi) is 6.34. The molecule has 0 atom stereocenters. The minimum Gasteiger partial charge on any atom is -0.354 e. The number of carbonyl (C=O) groups is 1. The second-order valence-electron chi connectivity index (χ2n) is 8.14. The topological polar surface area (TPSA) is 92.5 Å². The van der Waals surface area contributed by atoms with Crippen LogP contribution in [0.3, 0.4) is 0 Å². The highest BCUT2D eigenvalue weighted by Crippen LogP contribution is 2.29. The van der Waals surface area contributed by atoms with Crippen LogP contribution < -0.4 is 4.90 Å². The minimum atomic E-state index is -0.441. The van der Waals surface area contributed by atoms with E-state index in [-0.39, 0.29) is 11.6 Å². The number of rotatable bonds is 4. The maximum Gasteiger partial charge on any atom is 0.273 e. The smallest absolute Gasteiger partial charge is 0.273 e. The van der Waals surface area contributed by atoms with Crippen LogP contribution in [0.25, 0.3) is 0 Å². The normalized spacial score (nSPS) is 14.7. The van der Waals surface area contributed by atoms with Gasteiger partial charge in [0, 0.05) is 54.6 Å². The van der Waals surface area contributed by atoms with Gasteiger partial charge in [0.2, 0.25) is 0 Å². The molecule has 2 heterocycles. The van der Waals surface area contributed by atoms with Crippen molar-refractivity contribution in [2.24, 2.45) is 0 Å². The summed E-state index contributed by atoms with van der Waals surface area (Å²) in [5, 5.41) is 11.2. The van der Waals surface area contributed by atoms with Crippen LogP contribution in [0.5, 0.6) is 0 Å². The van der Waals surface area contributed by atoms with Gasteiger partial charge in [-0.1, -0.05) is 19.9 Å². The molecule has 1 amide bonds. The third-order valence-electron chi connectivity index (χ3n) is 5.54. The standard InChI is InChI=1S/C22H29N5O3/c1-14(2)20-16(4)23-17(5)24-21(20)25-9-6-10-26(12-11-25)22(28)18-8-7-15(3)19(13-18)27(29)30/h7-8,13-14H,6,9-12H2,1-5H3. The Balaban J connectivity index is 1.82. The number of aromatic nitrogens is 2. The fraction of sp³-hybridized carbons (Fsp3) is 0.500. The molecule has 1 aromatic carbocycles. The van der Waals surface area contributed by atoms with E-state index in [1.54, 1.807) is 24.0 Å². The second kappa shape index (κ2) is 8.77. The van der Waals surface area contributed by atoms with Crippen LogP contribution in [0.4, 0.5) is 11.5 Å². The van der Waals surface area contributed by atoms with E-state index in [1.807, 2.05) is 13.8 Å². The number of anilines is 1. The molecule has 2 aromatic rings. The predicted molar refractivity (Wildman–Crippen MR) is 116 cm³/mol. The highest BCUT2D eigenvalue weighted by Gasteiger charge is 2.25. The first kappa shape index (κ1) is 21.7. The molecule has 1 saturated heterocycles. The Morgan fingerprint density at radius 1 is 1.10 bits per heavy atom. The number of nitrogens with zero attached hydrogens (tertiary/aromatic N) is 5. The quantitative estimate of drug-likeness (QED) is 0.561. The average Bonchev–Trinajstić information content (AvgIpc) is 2.92. The zero-order valence-electron chi connectivity index (χ0n) is 18.3. The molecule has 8 nitrogen and oxygen atoms in total. The number of carbonyl (C=O) groups excluding carboxylic acids is 1. The van der Waals surface area contributed by atoms with Crippen molar-refractivity contribution in [1.82, 2.24) is 14.9 Å². The molecular formula is C22H29N5O3. The van der Waals surface area contributed by atoms with Crippen molar-refractivity contribution in [3.63, 3.8) is 0 Å². The van der Waals surface area contributed by atoms with Crippen molar-refractivity contribution in [3.05, 3.63) is 56.5 Å². The largest absolute Gasteiger partial charge is 0.354 e. The van der Waals surface area contributed by atoms with E-state index < -0.39 is 4.92 Å². The monoisotopic (exact) mass is 411 g/mol. The third kappa shape index (κ3) is 4.42. The molecule has 1 aliphatic rings. The Morgan fingerprint density at radius 2 is 1.83 bits per heavy atom. The molecule has 30 heavy (non-hydrogen) atoms. The SMILES string of the molecule is Cc1nc(C)c(C(C)C)c(N2CCCN(C(=O)c3ccc(C)c([N+](=O)[O-])c3)CC2)n1. The number of nitro benzene ring substituents is 1. The van der Waals surface area contributed by atoms with Crippen LogP contribution in [-0.2, 0) is 0 Å². The maximum absolute atomic E-state index is 13.0. The molecule has 0 bridgehead atoms. The van der Waals surface area contributed by atoms with Gasteiger partial charge in [-0.25, -0.2) is 9.97 Å². The third-order valence-corrected chi connectivity index (χ3v) is 5.54. The molecular weight excluding hydrogens is 382 g/mol. The van der Waals surface area contributed by atoms with Crippen molar-refractivity contribution in [2.45, 2.75) is 47.0 Å². The van der Waals surface area contributed by atoms with E-state index in [0.29, 0.717) is 36.7 Å². The van der Waals surface area contributed by atoms with E-state index in [1.165, 1.54) is 6.07 Å². The van der Waals surface area contributed by atoms with E-state index in [0.717, 1.165) is 35.9 Å². The lowest BCUT2D eigenvalue weighted by molar-refractivity contribution is -0.385. The van der Waals surface area contributed by atoms with Crippen molar-refractivity contribution in [3.8, 4) is 0 Å². The van der Waals surface area contributed by atoms with Gasteiger partial charge < -0.3 is 9.80 Å². The van der Waals surface area contributed by atoms with Gasteiger partial charge >= 0.3 is 0 Å². The first-order chi connectivity index (χ1) is 14.2. The number of aryl methyl sites for hydroxylation is 3. The Morgan fingerprint density at radius 3 is 2.50 bits per heavy atom. The van der Waals surface area contributed by atoms with Gasteiger partial charge in [0.1, 0.15) is 11.6 Å². The first-order valence-electron chi connectivity index (χ1n) is 10.3. The zero-order valence-corrected chi connectivity index (χ0v) is 18.3. The summed E-state index contributed by atoms with van der Waals surface area (Å²) in [5.74, 6) is 1.83. The van der Waals surface area contributed by atoms with Gasteiger partial charge in [-0.05, 0) is 39.2 Å². The molecule has 0 saturated carbocycles. The molecule has 0 N–H and O–H groups in total. The number of benzene rings is 1. The van der Waals surface area contributed by atoms with E-state index in [9.17, 15) is 14.9 Å². The van der Waals surface area contributed by atoms with Gasteiger partial charge in [0.25, 0.3) is 11.6 Å². The van der Waals surface area contributed by atoms with Gasteiger partial charge in [-0.2, -0.15) is 0 Å². The molecule has 1 aromatic heterocycles. The molecule has 1 aliphatic heterocycles. The molecule has 8 heteroatoms. The Labute approximate surface area is 177 Å². The van der Waals surface area contributed by atoms with Crippen LogP contribution in [0.15, 0.2) is 18.2 Å². The molecule has 0 spiro atoms. The average molecular weight is 412 g/mol. The van der Waals surface area contributed by atoms with E-state index in [2.05, 4.69) is 23.7 Å². The molecule has 0 radical (unpaired) electrons. The van der Waals surface area contributed by atoms with Crippen molar-refractivity contribution in [1.29, 1.82) is 0 Å². The summed E-state index contributed by atoms with van der Waals surface area (Å²) in [5.41, 5.74) is 3.03. The van der Waals surface area contributed by atoms with Crippen molar-refractivity contribution >= 4 is 17.4 Å². The van der Waals surface area contributed by atoms with Crippen LogP contribution in [-0.4, -0.2) is 51.9 Å². The lowest BCUT2D eigenvalue weighted by atomic mass is 10.0. The first-order valence-corrected chi connectivity index (χ1v) is 10.3. The lowest BCUT2D eigenvalue weighted by Crippen LogP contribution is -2.36. The fourth-order valence-corrected chi connectivity index (χ4v) is 4.07. The Hall–Kier alpha value is -3.03. The van der Waals surface area contributed by atoms with Crippen LogP contribution >= 0.6 is 0 Å². The number of hydrogen-bond donors (Lipinski definition) is 0. The summed E-state index contributed by atoms with van der Waals surface area (Å²) in [6.45, 7) is 12.5. The molecule has 160 valence electrons. The summed E-state index contributed by atoms with van der Waals surface area (Å²) < 4.78 is 0. The molecule has 3 rings (SSSR count). The molecule has 1 fully saturated rings. The van der Waals surface area contributed by atoms with Gasteiger partial charge in [0.05, 0.1) is 4.92 Å². The van der Waals surface area contributed by atoms with Crippen LogP contribution in [0, 0.1) is 30.9 Å². The van der Waals surface area contributed by atoms with Crippen molar-refractivity contribution < 1.29 is 9.72 Å². The number of nitro groups is 1. The van der Waals surface area contributed by atoms with Gasteiger partial charge in [-0.15, -0.1) is 0 Å². The maximum atomic E-state index is 13.0. The number of hydrogen-bond acceptors (Lipinski definition) is 6. The highest BCUT2D eigenvalue weighted by atomic mass is 16.6. The predicted octanol–water partition coefficient (Wildman–Crippen LogP) is 3.79. The second-order valence-corrected chi connectivity index (χ2v) is 8.14. The number of amides is 1. The summed E-state index contributed by atoms with van der Waals surface area (Å²) in [6.07, 6.45) is 0.805. The molecule has 0 unspecified atom stereocenters. The summed E-state index contributed by atoms with van der Waals surface area (Å²) in [4.78, 5) is 37.1. The lowest BCUT2D eigenvalue weighted by Gasteiger charge is -2.27. The van der Waals surface area contributed by atoms with Gasteiger partial charge in [-0.3, -0.25) is 14.9 Å². The van der Waals surface area contributed by atoms with Crippen LogP contribution in [0.2, 0.25) is 0 Å². The van der Waals surface area contributed by atoms with Gasteiger partial charge in [0.15, 0.2) is 0 Å². The highest BCUT2D eigenvalue weighted by molar-refractivity contribution is 5.95. The van der Waals surface area contributed by atoms with Crippen LogP contribution in [0.1, 0.15) is 59.2 Å². The van der Waals surface area contributed by atoms with Crippen molar-refractivity contribution in [2.75, 3.05) is 31.1 Å². The Bertz CT molecular complexity index is 973. The zero-order chi connectivity index (χ0) is 22.0. The summed E-state index contributed by atoms with van der Waals surface area (Å²) in [6, 6.07) is 4.69. The van der Waals surface area contributed by atoms with E-state index >= 15 is 0 Å². The fourth-order valence-electron chi connectivity index (χ4n) is 4.07.